The van der Waals surface area contributed by atoms with Gasteiger partial charge in [-0.2, -0.15) is 0 Å². The Bertz CT molecular complexity index is 1110. The van der Waals surface area contributed by atoms with Crippen LogP contribution in [0.15, 0.2) is 42.5 Å². The molecule has 3 aliphatic rings. The predicted octanol–water partition coefficient (Wildman–Crippen LogP) is 7.63. The van der Waals surface area contributed by atoms with Crippen molar-refractivity contribution in [2.75, 3.05) is 10.6 Å². The Labute approximate surface area is 219 Å². The first-order valence-electron chi connectivity index (χ1n) is 13.4. The molecular formula is C30H37ClN2O3. The molecule has 3 aliphatic carbocycles. The smallest absolute Gasteiger partial charge is 0.307 e. The molecule has 3 fully saturated rings. The highest BCUT2D eigenvalue weighted by atomic mass is 35.5. The van der Waals surface area contributed by atoms with Crippen LogP contribution in [-0.2, 0) is 15.0 Å². The molecule has 4 unspecified atom stereocenters. The van der Waals surface area contributed by atoms with Crippen molar-refractivity contribution in [1.82, 2.24) is 0 Å². The molecule has 0 aromatic heterocycles. The van der Waals surface area contributed by atoms with E-state index in [-0.39, 0.29) is 11.3 Å². The lowest BCUT2D eigenvalue weighted by molar-refractivity contribution is -0.145. The molecule has 2 bridgehead atoms. The van der Waals surface area contributed by atoms with Crippen LogP contribution in [0.5, 0.6) is 0 Å². The Balaban J connectivity index is 1.22. The van der Waals surface area contributed by atoms with Crippen molar-refractivity contribution >= 4 is 40.5 Å². The van der Waals surface area contributed by atoms with E-state index in [1.54, 1.807) is 0 Å². The molecule has 0 spiro atoms. The molecule has 3 saturated carbocycles. The Hall–Kier alpha value is -2.53. The van der Waals surface area contributed by atoms with Crippen LogP contribution in [0.2, 0.25) is 5.02 Å². The van der Waals surface area contributed by atoms with Gasteiger partial charge in [0.1, 0.15) is 0 Å². The van der Waals surface area contributed by atoms with Crippen molar-refractivity contribution in [1.29, 1.82) is 0 Å². The third kappa shape index (κ3) is 5.27. The van der Waals surface area contributed by atoms with Crippen molar-refractivity contribution in [3.05, 3.63) is 53.1 Å². The maximum Gasteiger partial charge on any atom is 0.307 e. The lowest BCUT2D eigenvalue weighted by Crippen LogP contribution is -2.38. The first kappa shape index (κ1) is 25.1. The lowest BCUT2D eigenvalue weighted by Gasteiger charge is -2.47. The molecule has 1 amide bonds. The van der Waals surface area contributed by atoms with Crippen molar-refractivity contribution < 1.29 is 14.7 Å². The van der Waals surface area contributed by atoms with Gasteiger partial charge in [0, 0.05) is 11.4 Å². The minimum absolute atomic E-state index is 0.189. The fourth-order valence-corrected chi connectivity index (χ4v) is 7.64. The maximum atomic E-state index is 12.6. The minimum atomic E-state index is -0.884. The highest BCUT2D eigenvalue weighted by Crippen LogP contribution is 2.51. The highest BCUT2D eigenvalue weighted by Gasteiger charge is 2.42. The second-order valence-electron chi connectivity index (χ2n) is 11.9. The largest absolute Gasteiger partial charge is 0.481 e. The van der Waals surface area contributed by atoms with E-state index in [4.69, 9.17) is 11.6 Å². The van der Waals surface area contributed by atoms with Gasteiger partial charge in [0.05, 0.1) is 22.5 Å². The Morgan fingerprint density at radius 3 is 2.22 bits per heavy atom. The number of halogens is 1. The van der Waals surface area contributed by atoms with E-state index in [0.29, 0.717) is 18.5 Å². The summed E-state index contributed by atoms with van der Waals surface area (Å²) in [4.78, 5) is 24.0. The number of carbonyl (C=O) groups is 2. The van der Waals surface area contributed by atoms with E-state index >= 15 is 0 Å². The number of carboxylic acids is 1. The number of hydrogen-bond acceptors (Lipinski definition) is 3. The number of fused-ring (bicyclic) bond motifs is 2. The molecule has 192 valence electrons. The average molecular weight is 509 g/mol. The zero-order chi connectivity index (χ0) is 25.4. The molecule has 0 heterocycles. The van der Waals surface area contributed by atoms with Crippen molar-refractivity contribution in [3.8, 4) is 0 Å². The highest BCUT2D eigenvalue weighted by molar-refractivity contribution is 6.33. The van der Waals surface area contributed by atoms with E-state index in [1.807, 2.05) is 24.3 Å². The molecule has 0 radical (unpaired) electrons. The number of anilines is 3. The Kier molecular flexibility index (Phi) is 7.04. The van der Waals surface area contributed by atoms with Crippen LogP contribution in [0.25, 0.3) is 0 Å². The summed E-state index contributed by atoms with van der Waals surface area (Å²) in [5, 5.41) is 16.3. The molecule has 2 aromatic rings. The van der Waals surface area contributed by atoms with Gasteiger partial charge in [-0.15, -0.1) is 0 Å². The van der Waals surface area contributed by atoms with Crippen LogP contribution >= 0.6 is 11.6 Å². The molecule has 5 nitrogen and oxygen atoms in total. The van der Waals surface area contributed by atoms with Crippen LogP contribution in [0.1, 0.15) is 70.8 Å². The molecule has 0 aliphatic heterocycles. The quantitative estimate of drug-likeness (QED) is 0.375. The molecule has 4 atom stereocenters. The Morgan fingerprint density at radius 2 is 1.58 bits per heavy atom. The van der Waals surface area contributed by atoms with Crippen LogP contribution in [0.3, 0.4) is 0 Å². The normalized spacial score (nSPS) is 31.6. The van der Waals surface area contributed by atoms with Gasteiger partial charge in [0.15, 0.2) is 0 Å². The van der Waals surface area contributed by atoms with Gasteiger partial charge in [-0.05, 0) is 110 Å². The van der Waals surface area contributed by atoms with E-state index in [1.165, 1.54) is 37.7 Å². The van der Waals surface area contributed by atoms with E-state index < -0.39 is 17.8 Å². The molecule has 3 N–H and O–H groups in total. The van der Waals surface area contributed by atoms with Crippen LogP contribution in [0.4, 0.5) is 17.1 Å². The summed E-state index contributed by atoms with van der Waals surface area (Å²) in [5.41, 5.74) is 3.93. The summed E-state index contributed by atoms with van der Waals surface area (Å²) >= 11 is 6.75. The van der Waals surface area contributed by atoms with Crippen molar-refractivity contribution in [2.45, 2.75) is 70.6 Å². The summed E-state index contributed by atoms with van der Waals surface area (Å²) in [6, 6.07) is 13.9. The summed E-state index contributed by atoms with van der Waals surface area (Å²) in [6.07, 6.45) is 8.57. The molecule has 5 rings (SSSR count). The fourth-order valence-electron chi connectivity index (χ4n) is 7.41. The van der Waals surface area contributed by atoms with Gasteiger partial charge in [-0.25, -0.2) is 0 Å². The second kappa shape index (κ2) is 10.1. The molecule has 0 saturated heterocycles. The number of nitrogens with one attached hydrogen (secondary N) is 2. The van der Waals surface area contributed by atoms with Gasteiger partial charge in [-0.1, -0.05) is 37.9 Å². The number of hydrogen-bond donors (Lipinski definition) is 3. The van der Waals surface area contributed by atoms with Gasteiger partial charge in [-0.3, -0.25) is 9.59 Å². The number of amides is 1. The van der Waals surface area contributed by atoms with E-state index in [0.717, 1.165) is 40.6 Å². The maximum absolute atomic E-state index is 12.6. The van der Waals surface area contributed by atoms with Crippen LogP contribution in [-0.4, -0.2) is 17.0 Å². The fraction of sp³-hybridized carbons (Fsp3) is 0.533. The SMILES string of the molecule is CC1CC2CC(C1)CC(C)(c1ccc(Nc3ccc(NC(=O)C4CCCC4C(=O)O)cc3)c(Cl)c1)C2. The van der Waals surface area contributed by atoms with Gasteiger partial charge < -0.3 is 15.7 Å². The Morgan fingerprint density at radius 1 is 0.944 bits per heavy atom. The monoisotopic (exact) mass is 508 g/mol. The minimum Gasteiger partial charge on any atom is -0.481 e. The molecule has 6 heteroatoms. The molecule has 36 heavy (non-hydrogen) atoms. The summed E-state index contributed by atoms with van der Waals surface area (Å²) in [5.74, 6) is 0.367. The standard InChI is InChI=1S/C30H37ClN2O3/c1-18-12-19-14-20(13-18)17-30(2,16-19)21-6-11-27(26(31)15-21)32-22-7-9-23(10-8-22)33-28(34)24-4-3-5-25(24)29(35)36/h6-11,15,18-20,24-25,32H,3-5,12-14,16-17H2,1-2H3,(H,33,34)(H,35,36). The van der Waals surface area contributed by atoms with Gasteiger partial charge in [0.25, 0.3) is 0 Å². The van der Waals surface area contributed by atoms with E-state index in [9.17, 15) is 14.7 Å². The van der Waals surface area contributed by atoms with Crippen LogP contribution in [0, 0.1) is 29.6 Å². The molecule has 2 aromatic carbocycles. The van der Waals surface area contributed by atoms with Crippen LogP contribution < -0.4 is 10.6 Å². The average Bonchev–Trinajstić information content (AvgIpc) is 3.31. The third-order valence-corrected chi connectivity index (χ3v) is 9.20. The van der Waals surface area contributed by atoms with E-state index in [2.05, 4.69) is 42.7 Å². The summed E-state index contributed by atoms with van der Waals surface area (Å²) < 4.78 is 0. The second-order valence-corrected chi connectivity index (χ2v) is 12.3. The van der Waals surface area contributed by atoms with Gasteiger partial charge in [0.2, 0.25) is 5.91 Å². The third-order valence-electron chi connectivity index (χ3n) is 8.88. The molecular weight excluding hydrogens is 472 g/mol. The van der Waals surface area contributed by atoms with Crippen molar-refractivity contribution in [2.24, 2.45) is 29.6 Å². The number of aliphatic carboxylic acids is 1. The predicted molar refractivity (Wildman–Crippen MR) is 145 cm³/mol. The topological polar surface area (TPSA) is 78.4 Å². The zero-order valence-corrected chi connectivity index (χ0v) is 22.0. The number of benzene rings is 2. The summed E-state index contributed by atoms with van der Waals surface area (Å²) in [7, 11) is 0. The number of rotatable bonds is 6. The number of carbonyl (C=O) groups excluding carboxylic acids is 1. The zero-order valence-electron chi connectivity index (χ0n) is 21.2. The first-order valence-corrected chi connectivity index (χ1v) is 13.8. The van der Waals surface area contributed by atoms with Gasteiger partial charge >= 0.3 is 5.97 Å². The lowest BCUT2D eigenvalue weighted by atomic mass is 9.57. The summed E-state index contributed by atoms with van der Waals surface area (Å²) in [6.45, 7) is 4.82. The van der Waals surface area contributed by atoms with Crippen molar-refractivity contribution in [3.63, 3.8) is 0 Å². The number of carboxylic acid groups (broad SMARTS) is 1. The first-order chi connectivity index (χ1) is 17.2.